The number of methoxy groups -OCH3 is 1. The summed E-state index contributed by atoms with van der Waals surface area (Å²) >= 11 is 0. The van der Waals surface area contributed by atoms with Gasteiger partial charge >= 0.3 is 0 Å². The molecule has 0 saturated carbocycles. The van der Waals surface area contributed by atoms with Crippen LogP contribution >= 0.6 is 0 Å². The molecule has 0 amide bonds. The van der Waals surface area contributed by atoms with Crippen molar-refractivity contribution in [2.75, 3.05) is 25.1 Å². The lowest BCUT2D eigenvalue weighted by molar-refractivity contribution is 0.413. The molecule has 6 nitrogen and oxygen atoms in total. The first-order chi connectivity index (χ1) is 12.7. The number of hydrogen-bond acceptors (Lipinski definition) is 6. The van der Waals surface area contributed by atoms with Crippen LogP contribution in [-0.2, 0) is 6.42 Å². The molecule has 2 aromatic heterocycles. The van der Waals surface area contributed by atoms with Crippen LogP contribution in [-0.4, -0.2) is 35.2 Å². The summed E-state index contributed by atoms with van der Waals surface area (Å²) < 4.78 is 11.3. The van der Waals surface area contributed by atoms with E-state index in [0.717, 1.165) is 54.0 Å². The van der Waals surface area contributed by atoms with Gasteiger partial charge in [-0.3, -0.25) is 0 Å². The predicted molar refractivity (Wildman–Crippen MR) is 98.6 cm³/mol. The van der Waals surface area contributed by atoms with E-state index in [-0.39, 0.29) is 0 Å². The molecule has 0 aliphatic carbocycles. The molecule has 1 atom stereocenters. The average molecular weight is 350 g/mol. The van der Waals surface area contributed by atoms with Crippen molar-refractivity contribution in [2.24, 2.45) is 0 Å². The largest absolute Gasteiger partial charge is 0.497 e. The molecule has 134 valence electrons. The fraction of sp³-hybridized carbons (Fsp3) is 0.350. The van der Waals surface area contributed by atoms with Gasteiger partial charge in [0.1, 0.15) is 23.7 Å². The average Bonchev–Trinajstić information content (AvgIpc) is 3.31. The number of anilines is 1. The maximum atomic E-state index is 6.04. The molecule has 1 aliphatic rings. The van der Waals surface area contributed by atoms with E-state index in [1.54, 1.807) is 13.4 Å². The smallest absolute Gasteiger partial charge is 0.199 e. The standard InChI is InChI=1S/C20H22N4O2/c1-14-8-19(23-13-22-14)24-7-6-16(12-24)20-21-11-18(26-20)10-15-4-3-5-17(9-15)25-2/h3-5,8-9,11,13,16H,6-7,10,12H2,1-2H3/t16-/m0/s1. The zero-order valence-corrected chi connectivity index (χ0v) is 15.1. The number of oxazole rings is 1. The van der Waals surface area contributed by atoms with E-state index < -0.39 is 0 Å². The number of rotatable bonds is 5. The van der Waals surface area contributed by atoms with Crippen LogP contribution in [0.5, 0.6) is 5.75 Å². The van der Waals surface area contributed by atoms with Gasteiger partial charge in [0.2, 0.25) is 0 Å². The lowest BCUT2D eigenvalue weighted by Gasteiger charge is -2.16. The maximum absolute atomic E-state index is 6.04. The summed E-state index contributed by atoms with van der Waals surface area (Å²) in [5.41, 5.74) is 2.13. The molecule has 0 N–H and O–H groups in total. The van der Waals surface area contributed by atoms with Crippen molar-refractivity contribution in [2.45, 2.75) is 25.7 Å². The van der Waals surface area contributed by atoms with Crippen molar-refractivity contribution in [1.29, 1.82) is 0 Å². The van der Waals surface area contributed by atoms with Gasteiger partial charge in [-0.25, -0.2) is 15.0 Å². The van der Waals surface area contributed by atoms with Crippen LogP contribution < -0.4 is 9.64 Å². The third-order valence-corrected chi connectivity index (χ3v) is 4.73. The summed E-state index contributed by atoms with van der Waals surface area (Å²) in [6, 6.07) is 10.0. The van der Waals surface area contributed by atoms with E-state index >= 15 is 0 Å². The van der Waals surface area contributed by atoms with Crippen LogP contribution in [0.3, 0.4) is 0 Å². The molecule has 0 unspecified atom stereocenters. The van der Waals surface area contributed by atoms with E-state index in [1.165, 1.54) is 0 Å². The minimum absolute atomic E-state index is 0.296. The second-order valence-electron chi connectivity index (χ2n) is 6.64. The Morgan fingerprint density at radius 2 is 2.15 bits per heavy atom. The topological polar surface area (TPSA) is 64.3 Å². The van der Waals surface area contributed by atoms with E-state index in [1.807, 2.05) is 37.4 Å². The van der Waals surface area contributed by atoms with Crippen molar-refractivity contribution in [3.63, 3.8) is 0 Å². The summed E-state index contributed by atoms with van der Waals surface area (Å²) in [7, 11) is 1.68. The Bertz CT molecular complexity index is 893. The van der Waals surface area contributed by atoms with E-state index in [9.17, 15) is 0 Å². The number of ether oxygens (including phenoxy) is 1. The fourth-order valence-electron chi connectivity index (χ4n) is 3.36. The first-order valence-corrected chi connectivity index (χ1v) is 8.82. The van der Waals surface area contributed by atoms with E-state index in [2.05, 4.69) is 25.9 Å². The van der Waals surface area contributed by atoms with Gasteiger partial charge in [0.05, 0.1) is 19.2 Å². The fourth-order valence-corrected chi connectivity index (χ4v) is 3.36. The monoisotopic (exact) mass is 350 g/mol. The number of aryl methyl sites for hydroxylation is 1. The lowest BCUT2D eigenvalue weighted by atomic mass is 10.1. The second-order valence-corrected chi connectivity index (χ2v) is 6.64. The Morgan fingerprint density at radius 1 is 1.23 bits per heavy atom. The molecular weight excluding hydrogens is 328 g/mol. The minimum Gasteiger partial charge on any atom is -0.497 e. The molecule has 0 spiro atoms. The first-order valence-electron chi connectivity index (χ1n) is 8.82. The Labute approximate surface area is 152 Å². The van der Waals surface area contributed by atoms with Gasteiger partial charge in [0.15, 0.2) is 5.89 Å². The van der Waals surface area contributed by atoms with Crippen LogP contribution in [0.15, 0.2) is 47.3 Å². The number of aromatic nitrogens is 3. The summed E-state index contributed by atoms with van der Waals surface area (Å²) in [6.45, 7) is 3.81. The Morgan fingerprint density at radius 3 is 3.00 bits per heavy atom. The molecule has 1 aromatic carbocycles. The third-order valence-electron chi connectivity index (χ3n) is 4.73. The number of nitrogens with zero attached hydrogens (tertiary/aromatic N) is 4. The highest BCUT2D eigenvalue weighted by Crippen LogP contribution is 2.30. The minimum atomic E-state index is 0.296. The van der Waals surface area contributed by atoms with Gasteiger partial charge in [-0.2, -0.15) is 0 Å². The van der Waals surface area contributed by atoms with Crippen molar-refractivity contribution in [3.05, 3.63) is 65.8 Å². The zero-order chi connectivity index (χ0) is 17.9. The first kappa shape index (κ1) is 16.6. The van der Waals surface area contributed by atoms with E-state index in [0.29, 0.717) is 12.3 Å². The number of benzene rings is 1. The molecule has 1 saturated heterocycles. The van der Waals surface area contributed by atoms with Crippen LogP contribution in [0, 0.1) is 6.92 Å². The van der Waals surface area contributed by atoms with Crippen LogP contribution in [0.1, 0.15) is 35.2 Å². The molecule has 4 rings (SSSR count). The number of hydrogen-bond donors (Lipinski definition) is 0. The van der Waals surface area contributed by atoms with Crippen molar-refractivity contribution < 1.29 is 9.15 Å². The van der Waals surface area contributed by atoms with E-state index in [4.69, 9.17) is 9.15 Å². The van der Waals surface area contributed by atoms with Crippen LogP contribution in [0.2, 0.25) is 0 Å². The van der Waals surface area contributed by atoms with Crippen LogP contribution in [0.4, 0.5) is 5.82 Å². The van der Waals surface area contributed by atoms with Gasteiger partial charge < -0.3 is 14.1 Å². The molecular formula is C20H22N4O2. The molecule has 1 aliphatic heterocycles. The van der Waals surface area contributed by atoms with Gasteiger partial charge in [-0.1, -0.05) is 12.1 Å². The van der Waals surface area contributed by atoms with Gasteiger partial charge in [0.25, 0.3) is 0 Å². The summed E-state index contributed by atoms with van der Waals surface area (Å²) in [4.78, 5) is 15.3. The molecule has 6 heteroatoms. The Hall–Kier alpha value is -2.89. The van der Waals surface area contributed by atoms with Crippen LogP contribution in [0.25, 0.3) is 0 Å². The molecule has 3 heterocycles. The third kappa shape index (κ3) is 3.54. The molecule has 1 fully saturated rings. The summed E-state index contributed by atoms with van der Waals surface area (Å²) in [5, 5.41) is 0. The maximum Gasteiger partial charge on any atom is 0.199 e. The zero-order valence-electron chi connectivity index (χ0n) is 15.1. The Kier molecular flexibility index (Phi) is 4.56. The van der Waals surface area contributed by atoms with Crippen molar-refractivity contribution in [1.82, 2.24) is 15.0 Å². The highest BCUT2D eigenvalue weighted by Gasteiger charge is 2.28. The lowest BCUT2D eigenvalue weighted by Crippen LogP contribution is -2.20. The molecule has 26 heavy (non-hydrogen) atoms. The highest BCUT2D eigenvalue weighted by molar-refractivity contribution is 5.40. The molecule has 3 aromatic rings. The highest BCUT2D eigenvalue weighted by atomic mass is 16.5. The second kappa shape index (κ2) is 7.15. The predicted octanol–water partition coefficient (Wildman–Crippen LogP) is 3.37. The summed E-state index contributed by atoms with van der Waals surface area (Å²) in [6.07, 6.45) is 5.19. The Balaban J connectivity index is 1.43. The quantitative estimate of drug-likeness (QED) is 0.703. The van der Waals surface area contributed by atoms with Gasteiger partial charge in [0, 0.05) is 31.3 Å². The van der Waals surface area contributed by atoms with Gasteiger partial charge in [-0.05, 0) is 31.0 Å². The van der Waals surface area contributed by atoms with Crippen molar-refractivity contribution >= 4 is 5.82 Å². The SMILES string of the molecule is COc1cccc(Cc2cnc([C@H]3CCN(c4cc(C)ncn4)C3)o2)c1. The van der Waals surface area contributed by atoms with Crippen molar-refractivity contribution in [3.8, 4) is 5.75 Å². The molecule has 0 bridgehead atoms. The summed E-state index contributed by atoms with van der Waals surface area (Å²) in [5.74, 6) is 3.82. The molecule has 0 radical (unpaired) electrons. The van der Waals surface area contributed by atoms with Gasteiger partial charge in [-0.15, -0.1) is 0 Å². The normalized spacial score (nSPS) is 16.8.